The van der Waals surface area contributed by atoms with E-state index in [4.69, 9.17) is 10.5 Å². The summed E-state index contributed by atoms with van der Waals surface area (Å²) < 4.78 is 31.2. The zero-order valence-electron chi connectivity index (χ0n) is 11.9. The Morgan fingerprint density at radius 1 is 1.32 bits per heavy atom. The molecule has 0 heterocycles. The number of rotatable bonds is 6. The second kappa shape index (κ2) is 6.36. The van der Waals surface area contributed by atoms with E-state index in [9.17, 15) is 8.42 Å². The number of aryl methyl sites for hydroxylation is 1. The third-order valence-electron chi connectivity index (χ3n) is 3.15. The molecule has 0 atom stereocenters. The van der Waals surface area contributed by atoms with E-state index < -0.39 is 10.0 Å². The van der Waals surface area contributed by atoms with Gasteiger partial charge in [0.2, 0.25) is 10.0 Å². The third kappa shape index (κ3) is 3.68. The van der Waals surface area contributed by atoms with Gasteiger partial charge in [-0.3, -0.25) is 0 Å². The number of sulfonamides is 1. The highest BCUT2D eigenvalue weighted by molar-refractivity contribution is 7.89. The summed E-state index contributed by atoms with van der Waals surface area (Å²) in [6.07, 6.45) is 0.659. The van der Waals surface area contributed by atoms with E-state index in [1.54, 1.807) is 27.1 Å². The molecule has 0 fully saturated rings. The maximum Gasteiger partial charge on any atom is 0.243 e. The molecular weight excluding hydrogens is 264 g/mol. The van der Waals surface area contributed by atoms with Gasteiger partial charge in [0.05, 0.1) is 4.90 Å². The third-order valence-corrected chi connectivity index (χ3v) is 5.13. The molecule has 6 heteroatoms. The van der Waals surface area contributed by atoms with Crippen LogP contribution in [0, 0.1) is 13.8 Å². The van der Waals surface area contributed by atoms with Gasteiger partial charge in [0.1, 0.15) is 0 Å². The fourth-order valence-corrected chi connectivity index (χ4v) is 3.38. The van der Waals surface area contributed by atoms with Crippen molar-refractivity contribution in [2.45, 2.75) is 25.2 Å². The molecule has 5 nitrogen and oxygen atoms in total. The quantitative estimate of drug-likeness (QED) is 0.636. The summed E-state index contributed by atoms with van der Waals surface area (Å²) in [5, 5.41) is 0. The number of benzene rings is 1. The van der Waals surface area contributed by atoms with E-state index >= 15 is 0 Å². The normalized spacial score (nSPS) is 12.1. The fourth-order valence-electron chi connectivity index (χ4n) is 1.84. The van der Waals surface area contributed by atoms with Gasteiger partial charge in [0, 0.05) is 33.0 Å². The maximum absolute atomic E-state index is 12.5. The molecule has 0 saturated heterocycles. The van der Waals surface area contributed by atoms with Gasteiger partial charge >= 0.3 is 0 Å². The van der Waals surface area contributed by atoms with E-state index in [0.717, 1.165) is 11.1 Å². The van der Waals surface area contributed by atoms with Crippen molar-refractivity contribution in [2.75, 3.05) is 33.0 Å². The summed E-state index contributed by atoms with van der Waals surface area (Å²) >= 11 is 0. The molecule has 1 rings (SSSR count). The number of anilines is 1. The van der Waals surface area contributed by atoms with Crippen molar-refractivity contribution >= 4 is 15.7 Å². The van der Waals surface area contributed by atoms with Crippen LogP contribution < -0.4 is 5.73 Å². The monoisotopic (exact) mass is 286 g/mol. The molecule has 0 bridgehead atoms. The van der Waals surface area contributed by atoms with Gasteiger partial charge in [-0.15, -0.1) is 0 Å². The van der Waals surface area contributed by atoms with Crippen molar-refractivity contribution in [3.8, 4) is 0 Å². The summed E-state index contributed by atoms with van der Waals surface area (Å²) in [6.45, 7) is 4.61. The number of hydrogen-bond acceptors (Lipinski definition) is 4. The predicted octanol–water partition coefficient (Wildman–Crippen LogP) is 1.54. The molecule has 1 aromatic carbocycles. The molecule has 108 valence electrons. The molecule has 0 spiro atoms. The van der Waals surface area contributed by atoms with Gasteiger partial charge in [0.25, 0.3) is 0 Å². The number of ether oxygens (including phenoxy) is 1. The van der Waals surface area contributed by atoms with Crippen LogP contribution in [-0.2, 0) is 14.8 Å². The van der Waals surface area contributed by atoms with Gasteiger partial charge in [0.15, 0.2) is 0 Å². The van der Waals surface area contributed by atoms with Crippen molar-refractivity contribution < 1.29 is 13.2 Å². The van der Waals surface area contributed by atoms with E-state index in [-0.39, 0.29) is 4.90 Å². The van der Waals surface area contributed by atoms with Crippen molar-refractivity contribution in [3.05, 3.63) is 23.3 Å². The predicted molar refractivity (Wildman–Crippen MR) is 76.6 cm³/mol. The Hall–Kier alpha value is -1.11. The minimum Gasteiger partial charge on any atom is -0.399 e. The Balaban J connectivity index is 3.06. The van der Waals surface area contributed by atoms with Gasteiger partial charge in [-0.1, -0.05) is 0 Å². The summed E-state index contributed by atoms with van der Waals surface area (Å²) in [5.41, 5.74) is 7.83. The van der Waals surface area contributed by atoms with Gasteiger partial charge in [-0.2, -0.15) is 0 Å². The molecule has 0 aliphatic rings. The van der Waals surface area contributed by atoms with Crippen LogP contribution in [0.1, 0.15) is 17.5 Å². The molecular formula is C13H22N2O3S. The fraction of sp³-hybridized carbons (Fsp3) is 0.538. The molecule has 0 radical (unpaired) electrons. The SMILES string of the molecule is COCCCN(C)S(=O)(=O)c1cc(N)cc(C)c1C. The average molecular weight is 286 g/mol. The molecule has 1 aromatic rings. The minimum absolute atomic E-state index is 0.282. The van der Waals surface area contributed by atoms with Crippen LogP contribution in [-0.4, -0.2) is 40.0 Å². The van der Waals surface area contributed by atoms with E-state index in [1.165, 1.54) is 10.4 Å². The summed E-state index contributed by atoms with van der Waals surface area (Å²) in [5.74, 6) is 0. The van der Waals surface area contributed by atoms with Crippen molar-refractivity contribution in [2.24, 2.45) is 0 Å². The first kappa shape index (κ1) is 15.9. The topological polar surface area (TPSA) is 72.6 Å². The van der Waals surface area contributed by atoms with Crippen LogP contribution in [0.15, 0.2) is 17.0 Å². The highest BCUT2D eigenvalue weighted by atomic mass is 32.2. The smallest absolute Gasteiger partial charge is 0.243 e. The summed E-state index contributed by atoms with van der Waals surface area (Å²) in [4.78, 5) is 0.282. The molecule has 0 unspecified atom stereocenters. The number of nitrogens with zero attached hydrogens (tertiary/aromatic N) is 1. The molecule has 2 N–H and O–H groups in total. The Kier molecular flexibility index (Phi) is 5.34. The Labute approximate surface area is 115 Å². The van der Waals surface area contributed by atoms with Crippen LogP contribution in [0.4, 0.5) is 5.69 Å². The zero-order chi connectivity index (χ0) is 14.6. The summed E-state index contributed by atoms with van der Waals surface area (Å²) in [7, 11) is -0.328. The number of hydrogen-bond donors (Lipinski definition) is 1. The van der Waals surface area contributed by atoms with Crippen LogP contribution in [0.3, 0.4) is 0 Å². The summed E-state index contributed by atoms with van der Waals surface area (Å²) in [6, 6.07) is 3.30. The first-order valence-corrected chi connectivity index (χ1v) is 7.56. The van der Waals surface area contributed by atoms with Crippen molar-refractivity contribution in [3.63, 3.8) is 0 Å². The lowest BCUT2D eigenvalue weighted by Crippen LogP contribution is -2.29. The standard InChI is InChI=1S/C13H22N2O3S/c1-10-8-12(14)9-13(11(10)2)19(16,17)15(3)6-5-7-18-4/h8-9H,5-7,14H2,1-4H3. The highest BCUT2D eigenvalue weighted by Crippen LogP contribution is 2.24. The molecule has 0 saturated carbocycles. The van der Waals surface area contributed by atoms with Gasteiger partial charge in [-0.25, -0.2) is 12.7 Å². The maximum atomic E-state index is 12.5. The molecule has 19 heavy (non-hydrogen) atoms. The Morgan fingerprint density at radius 3 is 2.53 bits per heavy atom. The van der Waals surface area contributed by atoms with Crippen molar-refractivity contribution in [1.82, 2.24) is 4.31 Å². The molecule has 0 aliphatic heterocycles. The Morgan fingerprint density at radius 2 is 1.95 bits per heavy atom. The lowest BCUT2D eigenvalue weighted by atomic mass is 10.1. The molecule has 0 aromatic heterocycles. The first-order valence-electron chi connectivity index (χ1n) is 6.12. The van der Waals surface area contributed by atoms with Crippen LogP contribution in [0.5, 0.6) is 0 Å². The number of nitrogens with two attached hydrogens (primary N) is 1. The molecule has 0 amide bonds. The van der Waals surface area contributed by atoms with Crippen LogP contribution >= 0.6 is 0 Å². The second-order valence-corrected chi connectivity index (χ2v) is 6.65. The highest BCUT2D eigenvalue weighted by Gasteiger charge is 2.23. The lowest BCUT2D eigenvalue weighted by molar-refractivity contribution is 0.189. The molecule has 0 aliphatic carbocycles. The largest absolute Gasteiger partial charge is 0.399 e. The van der Waals surface area contributed by atoms with E-state index in [0.29, 0.717) is 25.3 Å². The average Bonchev–Trinajstić information content (AvgIpc) is 2.33. The van der Waals surface area contributed by atoms with Crippen LogP contribution in [0.2, 0.25) is 0 Å². The Bertz CT molecular complexity index is 541. The van der Waals surface area contributed by atoms with Gasteiger partial charge < -0.3 is 10.5 Å². The first-order chi connectivity index (χ1) is 8.80. The number of nitrogen functional groups attached to an aromatic ring is 1. The lowest BCUT2D eigenvalue weighted by Gasteiger charge is -2.19. The van der Waals surface area contributed by atoms with Crippen LogP contribution in [0.25, 0.3) is 0 Å². The number of methoxy groups -OCH3 is 1. The van der Waals surface area contributed by atoms with E-state index in [1.807, 2.05) is 6.92 Å². The van der Waals surface area contributed by atoms with Crippen molar-refractivity contribution in [1.29, 1.82) is 0 Å². The zero-order valence-corrected chi connectivity index (χ0v) is 12.8. The van der Waals surface area contributed by atoms with Gasteiger partial charge in [-0.05, 0) is 43.5 Å². The van der Waals surface area contributed by atoms with E-state index in [2.05, 4.69) is 0 Å². The second-order valence-electron chi connectivity index (χ2n) is 4.63. The minimum atomic E-state index is -3.50.